The molecule has 2 aromatic carbocycles. The minimum atomic E-state index is -0.210. The Morgan fingerprint density at radius 3 is 2.54 bits per heavy atom. The van der Waals surface area contributed by atoms with Crippen molar-refractivity contribution in [1.29, 1.82) is 5.26 Å². The number of carbonyl (C=O) groups is 2. The molecule has 3 rings (SSSR count). The second kappa shape index (κ2) is 7.85. The van der Waals surface area contributed by atoms with E-state index in [-0.39, 0.29) is 17.1 Å². The molecule has 0 bridgehead atoms. The maximum atomic E-state index is 12.1. The molecule has 1 aliphatic rings. The van der Waals surface area contributed by atoms with E-state index in [1.54, 1.807) is 36.4 Å². The summed E-state index contributed by atoms with van der Waals surface area (Å²) in [6.07, 6.45) is 0.415. The molecule has 1 unspecified atom stereocenters. The van der Waals surface area contributed by atoms with Crippen LogP contribution in [0, 0.1) is 17.2 Å². The van der Waals surface area contributed by atoms with Gasteiger partial charge in [-0.1, -0.05) is 19.1 Å². The van der Waals surface area contributed by atoms with Crippen LogP contribution in [-0.4, -0.2) is 16.9 Å². The average molecular weight is 364 g/mol. The van der Waals surface area contributed by atoms with Crippen molar-refractivity contribution in [1.82, 2.24) is 5.43 Å². The van der Waals surface area contributed by atoms with E-state index in [1.807, 2.05) is 25.1 Å². The summed E-state index contributed by atoms with van der Waals surface area (Å²) in [6, 6.07) is 16.2. The molecule has 1 aliphatic heterocycles. The van der Waals surface area contributed by atoms with Gasteiger partial charge in [0.2, 0.25) is 5.91 Å². The van der Waals surface area contributed by atoms with E-state index in [0.29, 0.717) is 17.7 Å². The Balaban J connectivity index is 1.62. The van der Waals surface area contributed by atoms with Crippen LogP contribution in [0.15, 0.2) is 58.5 Å². The predicted octanol–water partition coefficient (Wildman–Crippen LogP) is 3.74. The fourth-order valence-electron chi connectivity index (χ4n) is 2.57. The molecule has 0 saturated heterocycles. The third kappa shape index (κ3) is 4.29. The second-order valence-electron chi connectivity index (χ2n) is 5.87. The van der Waals surface area contributed by atoms with Gasteiger partial charge in [-0.05, 0) is 53.7 Å². The zero-order valence-corrected chi connectivity index (χ0v) is 14.8. The first-order chi connectivity index (χ1) is 12.5. The number of nitrogens with zero attached hydrogens (tertiary/aromatic N) is 2. The van der Waals surface area contributed by atoms with E-state index in [9.17, 15) is 9.59 Å². The van der Waals surface area contributed by atoms with Crippen molar-refractivity contribution in [3.05, 3.63) is 59.7 Å². The Bertz CT molecular complexity index is 899. The van der Waals surface area contributed by atoms with Crippen LogP contribution in [-0.2, 0) is 4.79 Å². The van der Waals surface area contributed by atoms with Crippen molar-refractivity contribution >= 4 is 34.3 Å². The number of hydrogen-bond donors (Lipinski definition) is 2. The highest BCUT2D eigenvalue weighted by atomic mass is 32.2. The molecule has 130 valence electrons. The fraction of sp³-hybridized carbons (Fsp3) is 0.158. The summed E-state index contributed by atoms with van der Waals surface area (Å²) in [4.78, 5) is 24.2. The van der Waals surface area contributed by atoms with E-state index in [1.165, 1.54) is 0 Å². The lowest BCUT2D eigenvalue weighted by atomic mass is 9.94. The number of benzene rings is 2. The van der Waals surface area contributed by atoms with E-state index < -0.39 is 0 Å². The molecule has 0 radical (unpaired) electrons. The Morgan fingerprint density at radius 1 is 1.23 bits per heavy atom. The zero-order valence-electron chi connectivity index (χ0n) is 14.0. The van der Waals surface area contributed by atoms with Crippen molar-refractivity contribution in [3.8, 4) is 6.07 Å². The lowest BCUT2D eigenvalue weighted by molar-refractivity contribution is -0.121. The summed E-state index contributed by atoms with van der Waals surface area (Å²) < 4.78 is 0. The predicted molar refractivity (Wildman–Crippen MR) is 101 cm³/mol. The van der Waals surface area contributed by atoms with E-state index in [0.717, 1.165) is 27.9 Å². The molecule has 7 heteroatoms. The van der Waals surface area contributed by atoms with Gasteiger partial charge >= 0.3 is 0 Å². The van der Waals surface area contributed by atoms with Gasteiger partial charge in [0.1, 0.15) is 0 Å². The summed E-state index contributed by atoms with van der Waals surface area (Å²) in [5.74, 6) is -0.0268. The number of rotatable bonds is 3. The second-order valence-corrected chi connectivity index (χ2v) is 6.91. The third-order valence-electron chi connectivity index (χ3n) is 3.88. The van der Waals surface area contributed by atoms with Gasteiger partial charge in [-0.15, -0.1) is 0 Å². The van der Waals surface area contributed by atoms with Gasteiger partial charge in [0.25, 0.3) is 5.24 Å². The van der Waals surface area contributed by atoms with Gasteiger partial charge in [-0.3, -0.25) is 9.59 Å². The van der Waals surface area contributed by atoms with Crippen molar-refractivity contribution in [2.45, 2.75) is 18.2 Å². The summed E-state index contributed by atoms with van der Waals surface area (Å²) in [5, 5.41) is 15.5. The summed E-state index contributed by atoms with van der Waals surface area (Å²) in [5.41, 5.74) is 5.47. The molecule has 1 heterocycles. The minimum absolute atomic E-state index is 0.0520. The number of hydrogen-bond acceptors (Lipinski definition) is 5. The number of carbonyl (C=O) groups excluding carboxylic acids is 2. The Morgan fingerprint density at radius 2 is 1.92 bits per heavy atom. The maximum absolute atomic E-state index is 12.1. The van der Waals surface area contributed by atoms with Crippen LogP contribution in [0.5, 0.6) is 0 Å². The standard InChI is InChI=1S/C19H16N4O2S/c1-12-10-17(24)22-23-18(12)14-4-6-15(7-5-14)21-19(25)26-16-8-2-13(11-20)3-9-16/h2-9,12H,10H2,1H3,(H,21,25)(H,22,24). The van der Waals surface area contributed by atoms with Gasteiger partial charge in [-0.25, -0.2) is 5.43 Å². The summed E-state index contributed by atoms with van der Waals surface area (Å²) >= 11 is 1.06. The molecule has 1 atom stereocenters. The SMILES string of the molecule is CC1CC(=O)NN=C1c1ccc(NC(=O)Sc2ccc(C#N)cc2)cc1. The zero-order chi connectivity index (χ0) is 18.5. The lowest BCUT2D eigenvalue weighted by Gasteiger charge is -2.19. The minimum Gasteiger partial charge on any atom is -0.317 e. The van der Waals surface area contributed by atoms with Gasteiger partial charge in [-0.2, -0.15) is 10.4 Å². The third-order valence-corrected chi connectivity index (χ3v) is 4.68. The number of hydrazone groups is 1. The first kappa shape index (κ1) is 17.7. The number of thioether (sulfide) groups is 1. The van der Waals surface area contributed by atoms with Crippen molar-refractivity contribution in [3.63, 3.8) is 0 Å². The van der Waals surface area contributed by atoms with Crippen LogP contribution < -0.4 is 10.7 Å². The van der Waals surface area contributed by atoms with E-state index in [2.05, 4.69) is 15.8 Å². The van der Waals surface area contributed by atoms with Crippen molar-refractivity contribution in [2.75, 3.05) is 5.32 Å². The maximum Gasteiger partial charge on any atom is 0.288 e. The first-order valence-electron chi connectivity index (χ1n) is 8.01. The highest BCUT2D eigenvalue weighted by molar-refractivity contribution is 8.13. The van der Waals surface area contributed by atoms with Crippen LogP contribution >= 0.6 is 11.8 Å². The van der Waals surface area contributed by atoms with Gasteiger partial charge < -0.3 is 5.32 Å². The molecular weight excluding hydrogens is 348 g/mol. The monoisotopic (exact) mass is 364 g/mol. The van der Waals surface area contributed by atoms with Crippen LogP contribution in [0.2, 0.25) is 0 Å². The number of amides is 2. The quantitative estimate of drug-likeness (QED) is 0.811. The van der Waals surface area contributed by atoms with Crippen LogP contribution in [0.4, 0.5) is 10.5 Å². The topological polar surface area (TPSA) is 94.3 Å². The van der Waals surface area contributed by atoms with Crippen LogP contribution in [0.25, 0.3) is 0 Å². The molecule has 2 N–H and O–H groups in total. The van der Waals surface area contributed by atoms with Gasteiger partial charge in [0.15, 0.2) is 0 Å². The molecular formula is C19H16N4O2S. The first-order valence-corrected chi connectivity index (χ1v) is 8.82. The van der Waals surface area contributed by atoms with Crippen LogP contribution in [0.1, 0.15) is 24.5 Å². The molecule has 26 heavy (non-hydrogen) atoms. The molecule has 2 amide bonds. The Kier molecular flexibility index (Phi) is 5.34. The number of anilines is 1. The number of nitriles is 1. The molecule has 2 aromatic rings. The lowest BCUT2D eigenvalue weighted by Crippen LogP contribution is -2.31. The number of nitrogens with one attached hydrogen (secondary N) is 2. The van der Waals surface area contributed by atoms with Gasteiger partial charge in [0, 0.05) is 22.9 Å². The summed E-state index contributed by atoms with van der Waals surface area (Å²) in [6.45, 7) is 1.96. The van der Waals surface area contributed by atoms with Gasteiger partial charge in [0.05, 0.1) is 17.3 Å². The largest absolute Gasteiger partial charge is 0.317 e. The molecule has 0 fully saturated rings. The molecule has 0 aromatic heterocycles. The molecule has 0 spiro atoms. The van der Waals surface area contributed by atoms with Crippen LogP contribution in [0.3, 0.4) is 0 Å². The average Bonchev–Trinajstić information content (AvgIpc) is 2.63. The smallest absolute Gasteiger partial charge is 0.288 e. The van der Waals surface area contributed by atoms with Crippen molar-refractivity contribution in [2.24, 2.45) is 11.0 Å². The Hall–Kier alpha value is -3.11. The highest BCUT2D eigenvalue weighted by Gasteiger charge is 2.21. The Labute approximate surface area is 155 Å². The van der Waals surface area contributed by atoms with E-state index in [4.69, 9.17) is 5.26 Å². The molecule has 0 aliphatic carbocycles. The van der Waals surface area contributed by atoms with E-state index >= 15 is 0 Å². The van der Waals surface area contributed by atoms with Crippen molar-refractivity contribution < 1.29 is 9.59 Å². The normalized spacial score (nSPS) is 16.2. The fourth-order valence-corrected chi connectivity index (χ4v) is 3.23. The summed E-state index contributed by atoms with van der Waals surface area (Å²) in [7, 11) is 0. The highest BCUT2D eigenvalue weighted by Crippen LogP contribution is 2.23. The molecule has 0 saturated carbocycles. The molecule has 6 nitrogen and oxygen atoms in total.